The van der Waals surface area contributed by atoms with Gasteiger partial charge in [-0.15, -0.1) is 13.2 Å². The lowest BCUT2D eigenvalue weighted by Crippen LogP contribution is -2.17. The predicted octanol–water partition coefficient (Wildman–Crippen LogP) is 21.5. The van der Waals surface area contributed by atoms with E-state index < -0.39 is 71.2 Å². The highest BCUT2D eigenvalue weighted by molar-refractivity contribution is 6.30. The molecule has 0 fully saturated rings. The van der Waals surface area contributed by atoms with E-state index in [-0.39, 0.29) is 93.4 Å². The number of fused-ring (bicyclic) bond motifs is 5. The van der Waals surface area contributed by atoms with Crippen LogP contribution in [-0.4, -0.2) is 146 Å². The molecule has 51 heteroatoms. The fourth-order valence-corrected chi connectivity index (χ4v) is 15.1. The molecule has 0 amide bonds. The molecule has 0 saturated carbocycles. The van der Waals surface area contributed by atoms with E-state index in [1.165, 1.54) is 62.8 Å². The number of aromatic nitrogens is 20. The summed E-state index contributed by atoms with van der Waals surface area (Å²) >= 11 is 5.89. The summed E-state index contributed by atoms with van der Waals surface area (Å²) in [6, 6.07) is 55.4. The van der Waals surface area contributed by atoms with Gasteiger partial charge >= 0.3 is 19.2 Å². The molecule has 0 saturated heterocycles. The highest BCUT2D eigenvalue weighted by Gasteiger charge is 2.33. The molecule has 0 bridgehead atoms. The molecule has 10 aromatic heterocycles. The summed E-state index contributed by atoms with van der Waals surface area (Å²) in [5.74, 6) is -0.499. The number of alkyl halides is 8. The number of aryl methyl sites for hydroxylation is 6. The van der Waals surface area contributed by atoms with Gasteiger partial charge in [-0.1, -0.05) is 29.3 Å². The molecule has 0 aliphatic carbocycles. The van der Waals surface area contributed by atoms with Crippen LogP contribution in [0, 0.1) is 70.6 Å². The van der Waals surface area contributed by atoms with Crippen LogP contribution in [0.5, 0.6) is 40.2 Å². The number of ether oxygens (including phenoxy) is 7. The maximum atomic E-state index is 14.6. The molecule has 0 atom stereocenters. The number of imidazole rings is 5. The zero-order valence-electron chi connectivity index (χ0n) is 80.3. The van der Waals surface area contributed by atoms with Crippen LogP contribution in [-0.2, 0) is 6.18 Å². The van der Waals surface area contributed by atoms with Gasteiger partial charge < -0.3 is 88.4 Å². The molecular weight excluding hydrogens is 2000 g/mol. The Bertz CT molecular complexity index is 8210. The predicted molar refractivity (Wildman–Crippen MR) is 538 cm³/mol. The Morgan fingerprint density at radius 2 is 0.493 bits per heavy atom. The second-order valence-corrected chi connectivity index (χ2v) is 32.6. The van der Waals surface area contributed by atoms with Crippen molar-refractivity contribution < 1.29 is 90.2 Å². The second kappa shape index (κ2) is 43.5. The van der Waals surface area contributed by atoms with Crippen molar-refractivity contribution in [2.45, 2.75) is 60.7 Å². The third-order valence-corrected chi connectivity index (χ3v) is 22.3. The third-order valence-electron chi connectivity index (χ3n) is 22.1. The number of benzene rings is 10. The number of nitrogen functional groups attached to an aromatic ring is 5. The first kappa shape index (κ1) is 104. The fourth-order valence-electron chi connectivity index (χ4n) is 15.0. The first-order valence-corrected chi connectivity index (χ1v) is 44.5. The largest absolute Gasteiger partial charge is 0.573 e. The van der Waals surface area contributed by atoms with E-state index in [9.17, 15) is 57.1 Å². The summed E-state index contributed by atoms with van der Waals surface area (Å²) in [6.07, 6.45) is -9.29. The van der Waals surface area contributed by atoms with E-state index in [0.29, 0.717) is 113 Å². The Balaban J connectivity index is 0.000000134. The number of hydrogen-bond donors (Lipinski definition) is 10. The lowest BCUT2D eigenvalue weighted by Gasteiger charge is -2.13. The van der Waals surface area contributed by atoms with Gasteiger partial charge in [0.05, 0.1) is 96.3 Å². The van der Waals surface area contributed by atoms with Crippen molar-refractivity contribution >= 4 is 153 Å². The Kier molecular flexibility index (Phi) is 30.1. The topological polar surface area (TPSA) is 473 Å². The molecule has 15 N–H and O–H groups in total. The number of nitrogens with one attached hydrogen (secondary N) is 5. The zero-order valence-corrected chi connectivity index (χ0v) is 81.0. The van der Waals surface area contributed by atoms with Crippen molar-refractivity contribution in [2.24, 2.45) is 0 Å². The van der Waals surface area contributed by atoms with Crippen molar-refractivity contribution in [3.8, 4) is 70.0 Å². The average molecular weight is 2090 g/mol. The van der Waals surface area contributed by atoms with Gasteiger partial charge in [-0.25, -0.2) is 24.9 Å². The minimum absolute atomic E-state index is 0.00417. The second-order valence-electron chi connectivity index (χ2n) is 32.2. The van der Waals surface area contributed by atoms with Crippen molar-refractivity contribution in [3.63, 3.8) is 0 Å². The minimum Gasteiger partial charge on any atom is -0.497 e. The molecule has 20 rings (SSSR count). The van der Waals surface area contributed by atoms with Crippen LogP contribution in [0.15, 0.2) is 212 Å². The molecule has 0 radical (unpaired) electrons. The smallest absolute Gasteiger partial charge is 0.497 e. The van der Waals surface area contributed by atoms with Gasteiger partial charge in [-0.05, 0) is 211 Å². The quantitative estimate of drug-likeness (QED) is 0.0266. The summed E-state index contributed by atoms with van der Waals surface area (Å²) in [4.78, 5) is 64.0. The molecule has 37 nitrogen and oxygen atoms in total. The number of anilines is 15. The van der Waals surface area contributed by atoms with Crippen LogP contribution in [0.1, 0.15) is 40.2 Å². The monoisotopic (exact) mass is 2090 g/mol. The van der Waals surface area contributed by atoms with E-state index in [1.54, 1.807) is 144 Å². The van der Waals surface area contributed by atoms with Gasteiger partial charge in [0.15, 0.2) is 58.2 Å². The van der Waals surface area contributed by atoms with Crippen LogP contribution in [0.4, 0.5) is 144 Å². The Hall–Kier alpha value is -19.1. The standard InChI is InChI=1S/C20H16F4N6O2.C20H16F4N6O.C20H17F3N6O2.C20H19FN6O.C19H16ClFN6O/c1-10-26-14-8-7-13(31-2)9-15(14)30(10)19-28-17(25)16(21)18(29-19)27-11-3-5-12(6-4-11)32-20(22,23)24;1-10-26-14-8-7-13(31-2)9-15(14)30(10)19-28-17(25)16(21)18(29-19)27-12-5-3-11(4-6-12)20(22,23)24;1-10-25-14-8-7-13(30-2)9-15(14)29(10)20-27-17(24)16(21)18(28-20)26-11-3-5-12(6-4-11)31-19(22)23;1-11-4-6-13(7-5-11)24-19-17(21)18(22)25-20(26-19)27-12(2)23-15-9-8-14(28-3)10-16(15)27;1-10-23-14-8-7-13(28-2)9-15(14)27(10)19-25-17(22)16(21)18(26-19)24-12-5-3-11(20)4-6-12/h3-9H,1-2H3,(H3,25,27,28,29);3-9H,1-2H3,(H3,25,27,28,29);3-9,19H,1-2H3,(H3,24,26,27,28);4-10H,1-3H3,(H3,22,24,25,26);3-9H,1-2H3,(H3,22,24,25,26). The molecule has 0 aliphatic rings. The van der Waals surface area contributed by atoms with Crippen LogP contribution in [0.2, 0.25) is 5.02 Å². The van der Waals surface area contributed by atoms with E-state index in [4.69, 9.17) is 64.0 Å². The highest BCUT2D eigenvalue weighted by atomic mass is 35.5. The third kappa shape index (κ3) is 23.3. The maximum absolute atomic E-state index is 14.6. The number of halogens is 14. The zero-order chi connectivity index (χ0) is 107. The van der Waals surface area contributed by atoms with Crippen LogP contribution < -0.4 is 88.4 Å². The van der Waals surface area contributed by atoms with Gasteiger partial charge in [-0.2, -0.15) is 93.7 Å². The number of rotatable bonds is 23. The number of methoxy groups -OCH3 is 5. The fraction of sp³-hybridized carbons (Fsp3) is 0.141. The Labute approximate surface area is 845 Å². The van der Waals surface area contributed by atoms with Crippen LogP contribution in [0.3, 0.4) is 0 Å². The van der Waals surface area contributed by atoms with Gasteiger partial charge in [-0.3, -0.25) is 22.8 Å². The van der Waals surface area contributed by atoms with Gasteiger partial charge in [0.1, 0.15) is 69.4 Å². The van der Waals surface area contributed by atoms with E-state index in [0.717, 1.165) is 51.9 Å². The molecule has 20 aromatic rings. The van der Waals surface area contributed by atoms with Crippen molar-refractivity contribution in [1.82, 2.24) is 97.6 Å². The molecule has 0 unspecified atom stereocenters. The van der Waals surface area contributed by atoms with E-state index in [1.807, 2.05) is 81.4 Å². The molecular formula is C99H84ClF13N30O7. The minimum atomic E-state index is -4.81. The van der Waals surface area contributed by atoms with Gasteiger partial charge in [0, 0.05) is 63.8 Å². The average Bonchev–Trinajstić information content (AvgIpc) is 1.64. The summed E-state index contributed by atoms with van der Waals surface area (Å²) in [5, 5.41) is 14.6. The first-order chi connectivity index (χ1) is 71.6. The molecule has 770 valence electrons. The Morgan fingerprint density at radius 1 is 0.280 bits per heavy atom. The first-order valence-electron chi connectivity index (χ1n) is 44.2. The number of nitrogens with two attached hydrogens (primary N) is 5. The maximum Gasteiger partial charge on any atom is 0.573 e. The number of hydrogen-bond acceptors (Lipinski definition) is 32. The van der Waals surface area contributed by atoms with E-state index in [2.05, 4.69) is 111 Å². The summed E-state index contributed by atoms with van der Waals surface area (Å²) < 4.78 is 215. The summed E-state index contributed by atoms with van der Waals surface area (Å²) in [6.45, 7) is 7.87. The van der Waals surface area contributed by atoms with Gasteiger partial charge in [0.25, 0.3) is 0 Å². The molecule has 150 heavy (non-hydrogen) atoms. The normalized spacial score (nSPS) is 11.3. The van der Waals surface area contributed by atoms with Crippen molar-refractivity contribution in [2.75, 3.05) is 90.8 Å². The molecule has 0 aliphatic heterocycles. The SMILES string of the molecule is COc1ccc2nc(C)n(-c3nc(N)c(F)c(Nc4ccc(C(F)(F)F)cc4)n3)c2c1.COc1ccc2nc(C)n(-c3nc(N)c(F)c(Nc4ccc(C)cc4)n3)c2c1.COc1ccc2nc(C)n(-c3nc(N)c(F)c(Nc4ccc(Cl)cc4)n3)c2c1.COc1ccc2nc(C)n(-c3nc(N)c(F)c(Nc4ccc(OC(F)(F)F)cc4)n3)c2c1.COc1ccc2nc(C)n(-c3nc(N)c(F)c(Nc4ccc(OC(F)F)cc4)n3)c2c1. The summed E-state index contributed by atoms with van der Waals surface area (Å²) in [5.41, 5.74) is 38.1. The molecule has 0 spiro atoms. The summed E-state index contributed by atoms with van der Waals surface area (Å²) in [7, 11) is 7.75. The Morgan fingerprint density at radius 3 is 0.713 bits per heavy atom. The van der Waals surface area contributed by atoms with Crippen LogP contribution >= 0.6 is 11.6 Å². The van der Waals surface area contributed by atoms with Crippen molar-refractivity contribution in [3.05, 3.63) is 287 Å². The highest BCUT2D eigenvalue weighted by Crippen LogP contribution is 2.39. The van der Waals surface area contributed by atoms with Crippen molar-refractivity contribution in [1.29, 1.82) is 0 Å². The van der Waals surface area contributed by atoms with E-state index >= 15 is 0 Å². The lowest BCUT2D eigenvalue weighted by atomic mass is 10.2. The molecule has 10 heterocycles. The van der Waals surface area contributed by atoms with Crippen LogP contribution in [0.25, 0.3) is 84.9 Å². The molecule has 10 aromatic carbocycles. The number of nitrogens with zero attached hydrogens (tertiary/aromatic N) is 20. The lowest BCUT2D eigenvalue weighted by molar-refractivity contribution is -0.274. The van der Waals surface area contributed by atoms with Gasteiger partial charge in [0.2, 0.25) is 58.8 Å².